The molecule has 1 unspecified atom stereocenters. The molecule has 19 heavy (non-hydrogen) atoms. The highest BCUT2D eigenvalue weighted by Gasteiger charge is 2.16. The number of hydrogen-bond donors (Lipinski definition) is 1. The quantitative estimate of drug-likeness (QED) is 0.679. The molecule has 0 fully saturated rings. The minimum absolute atomic E-state index is 0.0386. The molecule has 0 aliphatic carbocycles. The SMILES string of the molecule is CNC(C)c1ccc(-c2ccc([N+](=O)[O-])c(F)c2)o1. The molecule has 1 N–H and O–H groups in total. The number of nitrogens with one attached hydrogen (secondary N) is 1. The van der Waals surface area contributed by atoms with Crippen molar-refractivity contribution < 1.29 is 13.7 Å². The second kappa shape index (κ2) is 5.19. The molecule has 100 valence electrons. The van der Waals surface area contributed by atoms with Crippen LogP contribution in [-0.2, 0) is 0 Å². The third-order valence-electron chi connectivity index (χ3n) is 2.92. The van der Waals surface area contributed by atoms with Crippen LogP contribution >= 0.6 is 0 Å². The van der Waals surface area contributed by atoms with E-state index in [1.165, 1.54) is 6.07 Å². The number of rotatable bonds is 4. The summed E-state index contributed by atoms with van der Waals surface area (Å²) in [5.74, 6) is 0.323. The Labute approximate surface area is 109 Å². The minimum atomic E-state index is -0.873. The number of halogens is 1. The summed E-state index contributed by atoms with van der Waals surface area (Å²) in [4.78, 5) is 9.78. The van der Waals surface area contributed by atoms with Crippen molar-refractivity contribution in [2.45, 2.75) is 13.0 Å². The summed E-state index contributed by atoms with van der Waals surface area (Å²) in [6, 6.07) is 7.24. The Morgan fingerprint density at radius 1 is 1.37 bits per heavy atom. The van der Waals surface area contributed by atoms with Crippen molar-refractivity contribution in [3.63, 3.8) is 0 Å². The Morgan fingerprint density at radius 2 is 2.11 bits per heavy atom. The van der Waals surface area contributed by atoms with Crippen molar-refractivity contribution in [1.82, 2.24) is 5.32 Å². The summed E-state index contributed by atoms with van der Waals surface area (Å²) in [6.45, 7) is 1.93. The Kier molecular flexibility index (Phi) is 3.62. The smallest absolute Gasteiger partial charge is 0.304 e. The first kappa shape index (κ1) is 13.2. The summed E-state index contributed by atoms with van der Waals surface area (Å²) in [5, 5.41) is 13.6. The molecule has 0 amide bonds. The van der Waals surface area contributed by atoms with E-state index in [0.29, 0.717) is 11.3 Å². The summed E-state index contributed by atoms with van der Waals surface area (Å²) < 4.78 is 19.1. The number of furan rings is 1. The van der Waals surface area contributed by atoms with Gasteiger partial charge >= 0.3 is 5.69 Å². The highest BCUT2D eigenvalue weighted by Crippen LogP contribution is 2.28. The van der Waals surface area contributed by atoms with E-state index >= 15 is 0 Å². The molecule has 0 saturated carbocycles. The lowest BCUT2D eigenvalue weighted by atomic mass is 10.1. The highest BCUT2D eigenvalue weighted by atomic mass is 19.1. The van der Waals surface area contributed by atoms with Crippen LogP contribution in [0.3, 0.4) is 0 Å². The normalized spacial score (nSPS) is 12.4. The number of nitro groups is 1. The molecule has 2 aromatic rings. The third kappa shape index (κ3) is 2.63. The monoisotopic (exact) mass is 264 g/mol. The van der Waals surface area contributed by atoms with Gasteiger partial charge in [0, 0.05) is 11.6 Å². The molecule has 0 aliphatic rings. The van der Waals surface area contributed by atoms with Crippen LogP contribution in [0.4, 0.5) is 10.1 Å². The molecule has 1 aromatic heterocycles. The van der Waals surface area contributed by atoms with Crippen molar-refractivity contribution in [2.75, 3.05) is 7.05 Å². The predicted molar refractivity (Wildman–Crippen MR) is 68.2 cm³/mol. The van der Waals surface area contributed by atoms with Gasteiger partial charge in [-0.3, -0.25) is 10.1 Å². The number of nitrogens with zero attached hydrogens (tertiary/aromatic N) is 1. The van der Waals surface area contributed by atoms with Gasteiger partial charge in [0.2, 0.25) is 5.82 Å². The highest BCUT2D eigenvalue weighted by molar-refractivity contribution is 5.60. The number of benzene rings is 1. The Bertz CT molecular complexity index is 610. The van der Waals surface area contributed by atoms with Crippen molar-refractivity contribution in [3.05, 3.63) is 52.0 Å². The van der Waals surface area contributed by atoms with Gasteiger partial charge < -0.3 is 9.73 Å². The molecule has 1 heterocycles. The Morgan fingerprint density at radius 3 is 2.68 bits per heavy atom. The van der Waals surface area contributed by atoms with Gasteiger partial charge in [0.15, 0.2) is 0 Å². The van der Waals surface area contributed by atoms with Gasteiger partial charge in [-0.2, -0.15) is 4.39 Å². The first-order valence-electron chi connectivity index (χ1n) is 5.74. The van der Waals surface area contributed by atoms with Crippen LogP contribution in [-0.4, -0.2) is 12.0 Å². The van der Waals surface area contributed by atoms with E-state index in [2.05, 4.69) is 5.32 Å². The molecular weight excluding hydrogens is 251 g/mol. The van der Waals surface area contributed by atoms with E-state index in [1.54, 1.807) is 19.2 Å². The molecule has 5 nitrogen and oxygen atoms in total. The average molecular weight is 264 g/mol. The predicted octanol–water partition coefficient (Wildman–Crippen LogP) is 3.27. The van der Waals surface area contributed by atoms with Gasteiger partial charge in [0.05, 0.1) is 11.0 Å². The molecule has 0 bridgehead atoms. The summed E-state index contributed by atoms with van der Waals surface area (Å²) >= 11 is 0. The van der Waals surface area contributed by atoms with Crippen LogP contribution in [0.2, 0.25) is 0 Å². The zero-order valence-electron chi connectivity index (χ0n) is 10.5. The van der Waals surface area contributed by atoms with E-state index < -0.39 is 16.4 Å². The maximum atomic E-state index is 13.5. The van der Waals surface area contributed by atoms with Gasteiger partial charge in [-0.15, -0.1) is 0 Å². The van der Waals surface area contributed by atoms with Crippen LogP contribution < -0.4 is 5.32 Å². The molecule has 1 aromatic carbocycles. The molecule has 0 radical (unpaired) electrons. The Balaban J connectivity index is 2.35. The summed E-state index contributed by atoms with van der Waals surface area (Å²) in [5.41, 5.74) is -0.0724. The van der Waals surface area contributed by atoms with Gasteiger partial charge in [0.25, 0.3) is 0 Å². The summed E-state index contributed by atoms with van der Waals surface area (Å²) in [7, 11) is 1.80. The largest absolute Gasteiger partial charge is 0.459 e. The Hall–Kier alpha value is -2.21. The van der Waals surface area contributed by atoms with Crippen LogP contribution in [0.25, 0.3) is 11.3 Å². The molecule has 1 atom stereocenters. The maximum Gasteiger partial charge on any atom is 0.304 e. The fourth-order valence-electron chi connectivity index (χ4n) is 1.69. The van der Waals surface area contributed by atoms with E-state index in [0.717, 1.165) is 17.9 Å². The lowest BCUT2D eigenvalue weighted by molar-refractivity contribution is -0.387. The maximum absolute atomic E-state index is 13.5. The third-order valence-corrected chi connectivity index (χ3v) is 2.92. The van der Waals surface area contributed by atoms with Crippen molar-refractivity contribution in [3.8, 4) is 11.3 Å². The van der Waals surface area contributed by atoms with Gasteiger partial charge in [-0.1, -0.05) is 0 Å². The second-order valence-electron chi connectivity index (χ2n) is 4.14. The standard InChI is InChI=1S/C13H13FN2O3/c1-8(15-2)12-5-6-13(19-12)9-3-4-11(16(17)18)10(14)7-9/h3-8,15H,1-2H3. The topological polar surface area (TPSA) is 68.3 Å². The van der Waals surface area contributed by atoms with Gasteiger partial charge in [-0.05, 0) is 38.2 Å². The van der Waals surface area contributed by atoms with Gasteiger partial charge in [-0.25, -0.2) is 0 Å². The zero-order valence-corrected chi connectivity index (χ0v) is 10.5. The fourth-order valence-corrected chi connectivity index (χ4v) is 1.69. The number of hydrogen-bond acceptors (Lipinski definition) is 4. The minimum Gasteiger partial charge on any atom is -0.459 e. The van der Waals surface area contributed by atoms with E-state index in [4.69, 9.17) is 4.42 Å². The molecule has 2 rings (SSSR count). The lowest BCUT2D eigenvalue weighted by Crippen LogP contribution is -2.10. The molecule has 0 saturated heterocycles. The van der Waals surface area contributed by atoms with Crippen molar-refractivity contribution in [1.29, 1.82) is 0 Å². The van der Waals surface area contributed by atoms with Crippen LogP contribution in [0, 0.1) is 15.9 Å². The van der Waals surface area contributed by atoms with Gasteiger partial charge in [0.1, 0.15) is 11.5 Å². The van der Waals surface area contributed by atoms with Crippen molar-refractivity contribution >= 4 is 5.69 Å². The van der Waals surface area contributed by atoms with Crippen LogP contribution in [0.1, 0.15) is 18.7 Å². The molecular formula is C13H13FN2O3. The lowest BCUT2D eigenvalue weighted by Gasteiger charge is -2.05. The molecule has 6 heteroatoms. The first-order chi connectivity index (χ1) is 9.02. The van der Waals surface area contributed by atoms with Crippen LogP contribution in [0.5, 0.6) is 0 Å². The molecule has 0 aliphatic heterocycles. The van der Waals surface area contributed by atoms with E-state index in [1.807, 2.05) is 6.92 Å². The number of nitro benzene ring substituents is 1. The van der Waals surface area contributed by atoms with E-state index in [-0.39, 0.29) is 6.04 Å². The second-order valence-corrected chi connectivity index (χ2v) is 4.14. The fraction of sp³-hybridized carbons (Fsp3) is 0.231. The first-order valence-corrected chi connectivity index (χ1v) is 5.74. The van der Waals surface area contributed by atoms with Crippen LogP contribution in [0.15, 0.2) is 34.7 Å². The average Bonchev–Trinajstić information content (AvgIpc) is 2.86. The molecule has 0 spiro atoms. The van der Waals surface area contributed by atoms with E-state index in [9.17, 15) is 14.5 Å². The summed E-state index contributed by atoms with van der Waals surface area (Å²) in [6.07, 6.45) is 0. The van der Waals surface area contributed by atoms with Crippen molar-refractivity contribution in [2.24, 2.45) is 0 Å². The zero-order chi connectivity index (χ0) is 14.0.